The SMILES string of the molecule is COc1ccc(OC)c(CCNC(=O)COc2ccc(N3CCCC3=O)cc2)c1. The topological polar surface area (TPSA) is 77.1 Å². The van der Waals surface area contributed by atoms with Crippen LogP contribution in [0.5, 0.6) is 17.2 Å². The number of nitrogens with one attached hydrogen (secondary N) is 1. The molecule has 0 saturated carbocycles. The standard InChI is InChI=1S/C22H26N2O5/c1-27-19-9-10-20(28-2)16(14-19)11-12-23-21(25)15-29-18-7-5-17(6-8-18)24-13-3-4-22(24)26/h5-10,14H,3-4,11-13,15H2,1-2H3,(H,23,25). The summed E-state index contributed by atoms with van der Waals surface area (Å²) in [7, 11) is 3.23. The fourth-order valence-electron chi connectivity index (χ4n) is 3.26. The molecule has 1 fully saturated rings. The summed E-state index contributed by atoms with van der Waals surface area (Å²) in [5.41, 5.74) is 1.82. The molecule has 2 amide bonds. The van der Waals surface area contributed by atoms with Crippen LogP contribution in [0.25, 0.3) is 0 Å². The van der Waals surface area contributed by atoms with Gasteiger partial charge < -0.3 is 24.4 Å². The minimum atomic E-state index is -0.203. The number of hydrogen-bond acceptors (Lipinski definition) is 5. The Bertz CT molecular complexity index is 851. The summed E-state index contributed by atoms with van der Waals surface area (Å²) in [6.07, 6.45) is 2.10. The third-order valence-corrected chi connectivity index (χ3v) is 4.80. The lowest BCUT2D eigenvalue weighted by molar-refractivity contribution is -0.123. The zero-order valence-electron chi connectivity index (χ0n) is 16.8. The van der Waals surface area contributed by atoms with Crippen LogP contribution in [0.15, 0.2) is 42.5 Å². The summed E-state index contributed by atoms with van der Waals surface area (Å²) < 4.78 is 16.1. The van der Waals surface area contributed by atoms with E-state index in [2.05, 4.69) is 5.32 Å². The number of carbonyl (C=O) groups is 2. The van der Waals surface area contributed by atoms with Crippen molar-refractivity contribution in [2.24, 2.45) is 0 Å². The first-order chi connectivity index (χ1) is 14.1. The van der Waals surface area contributed by atoms with Crippen molar-refractivity contribution in [3.05, 3.63) is 48.0 Å². The van der Waals surface area contributed by atoms with Gasteiger partial charge in [0.05, 0.1) is 14.2 Å². The number of rotatable bonds is 9. The molecule has 1 aliphatic heterocycles. The summed E-state index contributed by atoms with van der Waals surface area (Å²) in [5.74, 6) is 2.03. The number of benzene rings is 2. The number of carbonyl (C=O) groups excluding carboxylic acids is 2. The molecule has 0 aromatic heterocycles. The van der Waals surface area contributed by atoms with Crippen LogP contribution < -0.4 is 24.4 Å². The van der Waals surface area contributed by atoms with E-state index in [1.165, 1.54) is 0 Å². The Balaban J connectivity index is 1.44. The van der Waals surface area contributed by atoms with Gasteiger partial charge in [0.25, 0.3) is 5.91 Å². The van der Waals surface area contributed by atoms with Crippen LogP contribution in [0.2, 0.25) is 0 Å². The van der Waals surface area contributed by atoms with Crippen molar-refractivity contribution in [1.29, 1.82) is 0 Å². The Kier molecular flexibility index (Phi) is 6.94. The second-order valence-electron chi connectivity index (χ2n) is 6.71. The average molecular weight is 398 g/mol. The van der Waals surface area contributed by atoms with Crippen LogP contribution in [0.3, 0.4) is 0 Å². The van der Waals surface area contributed by atoms with E-state index < -0.39 is 0 Å². The number of hydrogen-bond donors (Lipinski definition) is 1. The minimum absolute atomic E-state index is 0.0722. The van der Waals surface area contributed by atoms with E-state index in [-0.39, 0.29) is 18.4 Å². The Labute approximate surface area is 170 Å². The summed E-state index contributed by atoms with van der Waals surface area (Å²) in [4.78, 5) is 25.6. The fraction of sp³-hybridized carbons (Fsp3) is 0.364. The van der Waals surface area contributed by atoms with Crippen LogP contribution in [0.4, 0.5) is 5.69 Å². The molecule has 29 heavy (non-hydrogen) atoms. The molecule has 0 radical (unpaired) electrons. The van der Waals surface area contributed by atoms with Crippen molar-refractivity contribution < 1.29 is 23.8 Å². The van der Waals surface area contributed by atoms with Gasteiger partial charge in [0.1, 0.15) is 17.2 Å². The predicted molar refractivity (Wildman–Crippen MR) is 110 cm³/mol. The molecule has 1 heterocycles. The van der Waals surface area contributed by atoms with E-state index in [4.69, 9.17) is 14.2 Å². The molecule has 7 heteroatoms. The van der Waals surface area contributed by atoms with Gasteiger partial charge in [-0.3, -0.25) is 9.59 Å². The van der Waals surface area contributed by atoms with Gasteiger partial charge in [0, 0.05) is 25.2 Å². The van der Waals surface area contributed by atoms with Gasteiger partial charge in [-0.1, -0.05) is 0 Å². The highest BCUT2D eigenvalue weighted by atomic mass is 16.5. The fourth-order valence-corrected chi connectivity index (χ4v) is 3.26. The maximum absolute atomic E-state index is 12.1. The second kappa shape index (κ2) is 9.82. The lowest BCUT2D eigenvalue weighted by atomic mass is 10.1. The van der Waals surface area contributed by atoms with Gasteiger partial charge in [-0.25, -0.2) is 0 Å². The maximum Gasteiger partial charge on any atom is 0.257 e. The maximum atomic E-state index is 12.1. The second-order valence-corrected chi connectivity index (χ2v) is 6.71. The zero-order valence-corrected chi connectivity index (χ0v) is 16.8. The van der Waals surface area contributed by atoms with E-state index >= 15 is 0 Å². The van der Waals surface area contributed by atoms with Gasteiger partial charge in [-0.2, -0.15) is 0 Å². The highest BCUT2D eigenvalue weighted by Gasteiger charge is 2.21. The summed E-state index contributed by atoms with van der Waals surface area (Å²) >= 11 is 0. The highest BCUT2D eigenvalue weighted by molar-refractivity contribution is 5.95. The molecule has 1 aliphatic rings. The Morgan fingerprint density at radius 1 is 1.07 bits per heavy atom. The van der Waals surface area contributed by atoms with Gasteiger partial charge in [-0.05, 0) is 60.9 Å². The molecule has 0 aliphatic carbocycles. The lowest BCUT2D eigenvalue weighted by Gasteiger charge is -2.16. The smallest absolute Gasteiger partial charge is 0.257 e. The summed E-state index contributed by atoms with van der Waals surface area (Å²) in [6, 6.07) is 12.8. The van der Waals surface area contributed by atoms with E-state index in [1.807, 2.05) is 30.3 Å². The number of ether oxygens (including phenoxy) is 3. The quantitative estimate of drug-likeness (QED) is 0.703. The molecule has 0 spiro atoms. The minimum Gasteiger partial charge on any atom is -0.497 e. The third kappa shape index (κ3) is 5.40. The molecular weight excluding hydrogens is 372 g/mol. The molecule has 1 saturated heterocycles. The first-order valence-corrected chi connectivity index (χ1v) is 9.61. The van der Waals surface area contributed by atoms with Gasteiger partial charge in [0.15, 0.2) is 6.61 Å². The molecule has 0 bridgehead atoms. The number of anilines is 1. The van der Waals surface area contributed by atoms with E-state index in [0.717, 1.165) is 35.7 Å². The third-order valence-electron chi connectivity index (χ3n) is 4.80. The number of nitrogens with zero attached hydrogens (tertiary/aromatic N) is 1. The highest BCUT2D eigenvalue weighted by Crippen LogP contribution is 2.25. The first-order valence-electron chi connectivity index (χ1n) is 9.61. The van der Waals surface area contributed by atoms with Crippen molar-refractivity contribution in [3.63, 3.8) is 0 Å². The van der Waals surface area contributed by atoms with Gasteiger partial charge in [0.2, 0.25) is 5.91 Å². The normalized spacial score (nSPS) is 13.3. The average Bonchev–Trinajstić information content (AvgIpc) is 3.18. The van der Waals surface area contributed by atoms with Crippen molar-refractivity contribution in [2.45, 2.75) is 19.3 Å². The zero-order chi connectivity index (χ0) is 20.6. The van der Waals surface area contributed by atoms with Crippen molar-refractivity contribution in [3.8, 4) is 17.2 Å². The molecule has 0 unspecified atom stereocenters. The molecule has 2 aromatic carbocycles. The van der Waals surface area contributed by atoms with Gasteiger partial charge in [-0.15, -0.1) is 0 Å². The van der Waals surface area contributed by atoms with Gasteiger partial charge >= 0.3 is 0 Å². The predicted octanol–water partition coefficient (Wildman–Crippen LogP) is 2.57. The van der Waals surface area contributed by atoms with E-state index in [1.54, 1.807) is 31.3 Å². The van der Waals surface area contributed by atoms with Crippen molar-refractivity contribution >= 4 is 17.5 Å². The molecule has 0 atom stereocenters. The first kappa shape index (κ1) is 20.5. The monoisotopic (exact) mass is 398 g/mol. The lowest BCUT2D eigenvalue weighted by Crippen LogP contribution is -2.30. The van der Waals surface area contributed by atoms with E-state index in [0.29, 0.717) is 25.1 Å². The van der Waals surface area contributed by atoms with Crippen LogP contribution in [0.1, 0.15) is 18.4 Å². The molecular formula is C22H26N2O5. The summed E-state index contributed by atoms with van der Waals surface area (Å²) in [5, 5.41) is 2.84. The largest absolute Gasteiger partial charge is 0.497 e. The molecule has 7 nitrogen and oxygen atoms in total. The summed E-state index contributed by atoms with van der Waals surface area (Å²) in [6.45, 7) is 1.14. The van der Waals surface area contributed by atoms with Crippen LogP contribution >= 0.6 is 0 Å². The van der Waals surface area contributed by atoms with Crippen LogP contribution in [-0.2, 0) is 16.0 Å². The molecule has 2 aromatic rings. The number of amides is 2. The molecule has 1 N–H and O–H groups in total. The van der Waals surface area contributed by atoms with Crippen LogP contribution in [0, 0.1) is 0 Å². The van der Waals surface area contributed by atoms with E-state index in [9.17, 15) is 9.59 Å². The molecule has 154 valence electrons. The van der Waals surface area contributed by atoms with Crippen molar-refractivity contribution in [2.75, 3.05) is 38.8 Å². The molecule has 3 rings (SSSR count). The number of methoxy groups -OCH3 is 2. The Morgan fingerprint density at radius 2 is 1.83 bits per heavy atom. The van der Waals surface area contributed by atoms with Crippen molar-refractivity contribution in [1.82, 2.24) is 5.32 Å². The Morgan fingerprint density at radius 3 is 2.48 bits per heavy atom. The Hall–Kier alpha value is -3.22. The van der Waals surface area contributed by atoms with Crippen LogP contribution in [-0.4, -0.2) is 45.7 Å².